The second-order valence-electron chi connectivity index (χ2n) is 8.92. The van der Waals surface area contributed by atoms with Gasteiger partial charge >= 0.3 is 0 Å². The Morgan fingerprint density at radius 1 is 0.676 bits per heavy atom. The van der Waals surface area contributed by atoms with Crippen molar-refractivity contribution in [3.63, 3.8) is 0 Å². The maximum atomic E-state index is 10.6. The van der Waals surface area contributed by atoms with Crippen LogP contribution in [0.3, 0.4) is 0 Å². The lowest BCUT2D eigenvalue weighted by atomic mass is 9.78. The molecule has 0 bridgehead atoms. The Balaban J connectivity index is 1.38. The van der Waals surface area contributed by atoms with E-state index in [1.165, 1.54) is 5.56 Å². The average Bonchev–Trinajstić information content (AvgIpc) is 2.88. The van der Waals surface area contributed by atoms with E-state index in [2.05, 4.69) is 32.0 Å². The number of phenolic OH excluding ortho intramolecular Hbond substituents is 1. The molecule has 0 saturated heterocycles. The van der Waals surface area contributed by atoms with Crippen LogP contribution in [0.25, 0.3) is 0 Å². The van der Waals surface area contributed by atoms with Crippen LogP contribution in [-0.4, -0.2) is 5.11 Å². The fourth-order valence-electron chi connectivity index (χ4n) is 3.91. The molecule has 0 fully saturated rings. The normalized spacial score (nSPS) is 11.3. The van der Waals surface area contributed by atoms with Crippen LogP contribution in [0.5, 0.6) is 17.2 Å². The van der Waals surface area contributed by atoms with Crippen molar-refractivity contribution in [3.8, 4) is 17.2 Å². The van der Waals surface area contributed by atoms with Crippen molar-refractivity contribution in [2.45, 2.75) is 39.0 Å². The number of hydrogen-bond donors (Lipinski definition) is 2. The molecule has 4 nitrogen and oxygen atoms in total. The van der Waals surface area contributed by atoms with Crippen LogP contribution in [-0.2, 0) is 25.2 Å². The second kappa shape index (κ2) is 10.4. The molecule has 3 N–H and O–H groups in total. The second-order valence-corrected chi connectivity index (χ2v) is 8.92. The van der Waals surface area contributed by atoms with E-state index in [-0.39, 0.29) is 11.2 Å². The quantitative estimate of drug-likeness (QED) is 0.311. The van der Waals surface area contributed by atoms with Crippen LogP contribution in [0.4, 0.5) is 0 Å². The van der Waals surface area contributed by atoms with E-state index >= 15 is 0 Å². The van der Waals surface area contributed by atoms with Gasteiger partial charge in [0.25, 0.3) is 0 Å². The van der Waals surface area contributed by atoms with Crippen molar-refractivity contribution in [2.75, 3.05) is 0 Å². The molecule has 0 aromatic heterocycles. The number of nitrogens with two attached hydrogens (primary N) is 1. The summed E-state index contributed by atoms with van der Waals surface area (Å²) in [5, 5.41) is 10.6. The van der Waals surface area contributed by atoms with Crippen molar-refractivity contribution in [1.29, 1.82) is 0 Å². The van der Waals surface area contributed by atoms with Gasteiger partial charge in [0.05, 0.1) is 0 Å². The molecular formula is C30H31NO3. The first kappa shape index (κ1) is 23.4. The lowest BCUT2D eigenvalue weighted by molar-refractivity contribution is 0.287. The number of hydrogen-bond acceptors (Lipinski definition) is 4. The molecule has 174 valence electrons. The van der Waals surface area contributed by atoms with E-state index in [9.17, 15) is 5.11 Å². The van der Waals surface area contributed by atoms with Gasteiger partial charge in [-0.2, -0.15) is 0 Å². The molecule has 0 radical (unpaired) electrons. The Morgan fingerprint density at radius 3 is 2.00 bits per heavy atom. The SMILES string of the molecule is CC(C)(c1ccccc1)c1ccc(OCc2cccc(COc3ccc(CN)cc3)c2)c(O)c1. The number of phenols is 1. The number of ether oxygens (including phenoxy) is 2. The largest absolute Gasteiger partial charge is 0.504 e. The minimum Gasteiger partial charge on any atom is -0.504 e. The van der Waals surface area contributed by atoms with Gasteiger partial charge in [0.1, 0.15) is 19.0 Å². The number of benzene rings is 4. The maximum absolute atomic E-state index is 10.6. The van der Waals surface area contributed by atoms with Gasteiger partial charge in [0.15, 0.2) is 11.5 Å². The zero-order valence-corrected chi connectivity index (χ0v) is 19.7. The van der Waals surface area contributed by atoms with Gasteiger partial charge < -0.3 is 20.3 Å². The lowest BCUT2D eigenvalue weighted by Gasteiger charge is -2.26. The van der Waals surface area contributed by atoms with Crippen molar-refractivity contribution in [2.24, 2.45) is 5.73 Å². The fourth-order valence-corrected chi connectivity index (χ4v) is 3.91. The molecule has 0 heterocycles. The molecule has 34 heavy (non-hydrogen) atoms. The maximum Gasteiger partial charge on any atom is 0.161 e. The van der Waals surface area contributed by atoms with Crippen LogP contribution in [0.1, 0.15) is 41.7 Å². The summed E-state index contributed by atoms with van der Waals surface area (Å²) >= 11 is 0. The molecule has 0 aliphatic heterocycles. The van der Waals surface area contributed by atoms with E-state index in [0.29, 0.717) is 25.5 Å². The average molecular weight is 454 g/mol. The monoisotopic (exact) mass is 453 g/mol. The highest BCUT2D eigenvalue weighted by Gasteiger charge is 2.24. The molecule has 0 unspecified atom stereocenters. The molecule has 0 saturated carbocycles. The van der Waals surface area contributed by atoms with Gasteiger partial charge in [-0.15, -0.1) is 0 Å². The Labute approximate surface area is 201 Å². The fraction of sp³-hybridized carbons (Fsp3) is 0.200. The van der Waals surface area contributed by atoms with Crippen LogP contribution < -0.4 is 15.2 Å². The summed E-state index contributed by atoms with van der Waals surface area (Å²) in [4.78, 5) is 0. The van der Waals surface area contributed by atoms with Crippen molar-refractivity contribution in [3.05, 3.63) is 125 Å². The molecule has 4 aromatic carbocycles. The first-order valence-corrected chi connectivity index (χ1v) is 11.5. The van der Waals surface area contributed by atoms with Crippen LogP contribution >= 0.6 is 0 Å². The van der Waals surface area contributed by atoms with Gasteiger partial charge in [-0.25, -0.2) is 0 Å². The zero-order chi connectivity index (χ0) is 24.0. The molecule has 0 amide bonds. The third-order valence-corrected chi connectivity index (χ3v) is 6.13. The Kier molecular flexibility index (Phi) is 7.19. The molecule has 4 rings (SSSR count). The molecule has 4 heteroatoms. The molecule has 0 aliphatic carbocycles. The first-order valence-electron chi connectivity index (χ1n) is 11.5. The highest BCUT2D eigenvalue weighted by atomic mass is 16.5. The van der Waals surface area contributed by atoms with E-state index in [1.807, 2.05) is 72.8 Å². The number of rotatable bonds is 9. The summed E-state index contributed by atoms with van der Waals surface area (Å²) in [6.07, 6.45) is 0. The minimum absolute atomic E-state index is 0.141. The summed E-state index contributed by atoms with van der Waals surface area (Å²) in [7, 11) is 0. The predicted molar refractivity (Wildman–Crippen MR) is 136 cm³/mol. The molecule has 4 aromatic rings. The summed E-state index contributed by atoms with van der Waals surface area (Å²) in [6, 6.07) is 31.8. The third kappa shape index (κ3) is 5.59. The van der Waals surface area contributed by atoms with E-state index in [4.69, 9.17) is 15.2 Å². The Morgan fingerprint density at radius 2 is 1.35 bits per heavy atom. The highest BCUT2D eigenvalue weighted by molar-refractivity contribution is 5.47. The lowest BCUT2D eigenvalue weighted by Crippen LogP contribution is -2.18. The van der Waals surface area contributed by atoms with Crippen molar-refractivity contribution in [1.82, 2.24) is 0 Å². The van der Waals surface area contributed by atoms with Gasteiger partial charge in [-0.3, -0.25) is 0 Å². The smallest absolute Gasteiger partial charge is 0.161 e. The van der Waals surface area contributed by atoms with E-state index < -0.39 is 0 Å². The van der Waals surface area contributed by atoms with Gasteiger partial charge in [-0.05, 0) is 58.1 Å². The van der Waals surface area contributed by atoms with Gasteiger partial charge in [0.2, 0.25) is 0 Å². The standard InChI is InChI=1S/C30H31NO3/c1-30(2,25-9-4-3-5-10-25)26-13-16-29(28(32)18-26)34-21-24-8-6-7-23(17-24)20-33-27-14-11-22(19-31)12-15-27/h3-18,32H,19-21,31H2,1-2H3. The highest BCUT2D eigenvalue weighted by Crippen LogP contribution is 2.36. The molecule has 0 aliphatic rings. The Hall–Kier alpha value is -3.76. The van der Waals surface area contributed by atoms with Crippen LogP contribution in [0.15, 0.2) is 97.1 Å². The molecule has 0 spiro atoms. The van der Waals surface area contributed by atoms with E-state index in [0.717, 1.165) is 28.0 Å². The predicted octanol–water partition coefficient (Wildman–Crippen LogP) is 6.33. The summed E-state index contributed by atoms with van der Waals surface area (Å²) in [5.41, 5.74) is 10.8. The Bertz CT molecular complexity index is 1220. The minimum atomic E-state index is -0.226. The van der Waals surface area contributed by atoms with Crippen LogP contribution in [0.2, 0.25) is 0 Å². The number of aromatic hydroxyl groups is 1. The topological polar surface area (TPSA) is 64.7 Å². The van der Waals surface area contributed by atoms with Gasteiger partial charge in [-0.1, -0.05) is 80.6 Å². The molecule has 0 atom stereocenters. The van der Waals surface area contributed by atoms with Gasteiger partial charge in [0, 0.05) is 12.0 Å². The third-order valence-electron chi connectivity index (χ3n) is 6.13. The van der Waals surface area contributed by atoms with Crippen molar-refractivity contribution >= 4 is 0 Å². The summed E-state index contributed by atoms with van der Waals surface area (Å²) in [6.45, 7) is 5.64. The van der Waals surface area contributed by atoms with Crippen molar-refractivity contribution < 1.29 is 14.6 Å². The first-order chi connectivity index (χ1) is 16.5. The van der Waals surface area contributed by atoms with Crippen LogP contribution in [0, 0.1) is 0 Å². The molecular weight excluding hydrogens is 422 g/mol. The van der Waals surface area contributed by atoms with E-state index in [1.54, 1.807) is 6.07 Å². The summed E-state index contributed by atoms with van der Waals surface area (Å²) < 4.78 is 11.8. The zero-order valence-electron chi connectivity index (χ0n) is 19.7. The summed E-state index contributed by atoms with van der Waals surface area (Å²) in [5.74, 6) is 1.42.